The van der Waals surface area contributed by atoms with Crippen molar-refractivity contribution >= 4 is 11.8 Å². The van der Waals surface area contributed by atoms with Gasteiger partial charge in [-0.15, -0.1) is 11.8 Å². The minimum Gasteiger partial charge on any atom is -0.352 e. The van der Waals surface area contributed by atoms with E-state index in [1.807, 2.05) is 24.3 Å². The normalized spacial score (nSPS) is 14.8. The van der Waals surface area contributed by atoms with Gasteiger partial charge < -0.3 is 14.0 Å². The SMILES string of the molecule is COC(OC)c1ccc(SCc2nc(C3CC3)no2)cc1. The van der Waals surface area contributed by atoms with Crippen molar-refractivity contribution in [3.05, 3.63) is 41.5 Å². The largest absolute Gasteiger partial charge is 0.352 e. The Balaban J connectivity index is 1.57. The van der Waals surface area contributed by atoms with Crippen molar-refractivity contribution in [2.24, 2.45) is 0 Å². The van der Waals surface area contributed by atoms with Crippen LogP contribution >= 0.6 is 11.8 Å². The van der Waals surface area contributed by atoms with Crippen molar-refractivity contribution in [2.45, 2.75) is 35.7 Å². The molecule has 1 fully saturated rings. The molecule has 0 unspecified atom stereocenters. The van der Waals surface area contributed by atoms with Gasteiger partial charge in [-0.05, 0) is 25.0 Å². The zero-order valence-electron chi connectivity index (χ0n) is 12.1. The first-order chi connectivity index (χ1) is 10.3. The molecule has 21 heavy (non-hydrogen) atoms. The Morgan fingerprint density at radius 2 is 1.95 bits per heavy atom. The molecule has 1 heterocycles. The Labute approximate surface area is 128 Å². The second kappa shape index (κ2) is 6.60. The van der Waals surface area contributed by atoms with Crippen LogP contribution in [0, 0.1) is 0 Å². The number of rotatable bonds is 7. The number of thioether (sulfide) groups is 1. The zero-order chi connectivity index (χ0) is 14.7. The quantitative estimate of drug-likeness (QED) is 0.576. The van der Waals surface area contributed by atoms with E-state index in [0.29, 0.717) is 17.6 Å². The third-order valence-electron chi connectivity index (χ3n) is 3.37. The molecule has 3 rings (SSSR count). The van der Waals surface area contributed by atoms with Gasteiger partial charge in [0.2, 0.25) is 5.89 Å². The molecule has 0 amide bonds. The average molecular weight is 306 g/mol. The van der Waals surface area contributed by atoms with Gasteiger partial charge in [0.1, 0.15) is 0 Å². The summed E-state index contributed by atoms with van der Waals surface area (Å²) in [4.78, 5) is 5.57. The lowest BCUT2D eigenvalue weighted by Crippen LogP contribution is -2.02. The molecule has 0 spiro atoms. The van der Waals surface area contributed by atoms with Crippen LogP contribution in [0.1, 0.15) is 42.3 Å². The standard InChI is InChI=1S/C15H18N2O3S/c1-18-15(19-2)11-5-7-12(8-6-11)21-9-13-16-14(17-20-13)10-3-4-10/h5-8,10,15H,3-4,9H2,1-2H3. The predicted molar refractivity (Wildman–Crippen MR) is 79.0 cm³/mol. The summed E-state index contributed by atoms with van der Waals surface area (Å²) >= 11 is 1.68. The van der Waals surface area contributed by atoms with Gasteiger partial charge in [-0.3, -0.25) is 0 Å². The van der Waals surface area contributed by atoms with Crippen LogP contribution in [0.2, 0.25) is 0 Å². The molecule has 1 aliphatic rings. The summed E-state index contributed by atoms with van der Waals surface area (Å²) in [5.41, 5.74) is 0.998. The summed E-state index contributed by atoms with van der Waals surface area (Å²) < 4.78 is 15.7. The minimum atomic E-state index is -0.318. The summed E-state index contributed by atoms with van der Waals surface area (Å²) in [7, 11) is 3.26. The zero-order valence-corrected chi connectivity index (χ0v) is 12.9. The van der Waals surface area contributed by atoms with E-state index in [2.05, 4.69) is 10.1 Å². The Kier molecular flexibility index (Phi) is 4.57. The van der Waals surface area contributed by atoms with E-state index in [1.165, 1.54) is 12.8 Å². The number of benzene rings is 1. The van der Waals surface area contributed by atoms with E-state index in [0.717, 1.165) is 16.3 Å². The first kappa shape index (κ1) is 14.6. The number of hydrogen-bond acceptors (Lipinski definition) is 6. The van der Waals surface area contributed by atoms with Crippen molar-refractivity contribution in [3.8, 4) is 0 Å². The van der Waals surface area contributed by atoms with Crippen molar-refractivity contribution in [1.29, 1.82) is 0 Å². The molecular weight excluding hydrogens is 288 g/mol. The second-order valence-corrected chi connectivity index (χ2v) is 6.03. The molecule has 1 aromatic carbocycles. The summed E-state index contributed by atoms with van der Waals surface area (Å²) in [5, 5.41) is 4.02. The number of hydrogen-bond donors (Lipinski definition) is 0. The summed E-state index contributed by atoms with van der Waals surface area (Å²) in [6.45, 7) is 0. The van der Waals surface area contributed by atoms with Crippen LogP contribution in [0.5, 0.6) is 0 Å². The highest BCUT2D eigenvalue weighted by Crippen LogP contribution is 2.38. The van der Waals surface area contributed by atoms with Gasteiger partial charge in [0.15, 0.2) is 12.1 Å². The average Bonchev–Trinajstić information content (AvgIpc) is 3.27. The molecule has 6 heteroatoms. The molecule has 1 aliphatic carbocycles. The van der Waals surface area contributed by atoms with Crippen molar-refractivity contribution in [1.82, 2.24) is 10.1 Å². The van der Waals surface area contributed by atoms with Crippen LogP contribution in [-0.2, 0) is 15.2 Å². The predicted octanol–water partition coefficient (Wildman–Crippen LogP) is 3.53. The molecule has 0 saturated heterocycles. The third kappa shape index (κ3) is 3.64. The number of nitrogens with zero attached hydrogens (tertiary/aromatic N) is 2. The number of ether oxygens (including phenoxy) is 2. The van der Waals surface area contributed by atoms with E-state index >= 15 is 0 Å². The van der Waals surface area contributed by atoms with Gasteiger partial charge in [0.25, 0.3) is 0 Å². The summed E-state index contributed by atoms with van der Waals surface area (Å²) in [5.74, 6) is 2.78. The fourth-order valence-corrected chi connectivity index (χ4v) is 2.80. The highest BCUT2D eigenvalue weighted by molar-refractivity contribution is 7.98. The molecule has 1 saturated carbocycles. The fourth-order valence-electron chi connectivity index (χ4n) is 2.07. The Hall–Kier alpha value is -1.37. The highest BCUT2D eigenvalue weighted by Gasteiger charge is 2.28. The van der Waals surface area contributed by atoms with Gasteiger partial charge >= 0.3 is 0 Å². The molecule has 0 bridgehead atoms. The van der Waals surface area contributed by atoms with Gasteiger partial charge in [-0.1, -0.05) is 17.3 Å². The lowest BCUT2D eigenvalue weighted by atomic mass is 10.2. The Bertz CT molecular complexity index is 577. The molecule has 112 valence electrons. The Morgan fingerprint density at radius 1 is 1.24 bits per heavy atom. The van der Waals surface area contributed by atoms with E-state index in [9.17, 15) is 0 Å². The third-order valence-corrected chi connectivity index (χ3v) is 4.37. The van der Waals surface area contributed by atoms with E-state index in [-0.39, 0.29) is 6.29 Å². The smallest absolute Gasteiger partial charge is 0.237 e. The van der Waals surface area contributed by atoms with Gasteiger partial charge in [-0.2, -0.15) is 4.98 Å². The van der Waals surface area contributed by atoms with Crippen LogP contribution in [0.4, 0.5) is 0 Å². The Morgan fingerprint density at radius 3 is 2.57 bits per heavy atom. The number of aromatic nitrogens is 2. The van der Waals surface area contributed by atoms with E-state index < -0.39 is 0 Å². The van der Waals surface area contributed by atoms with Gasteiger partial charge in [-0.25, -0.2) is 0 Å². The first-order valence-electron chi connectivity index (χ1n) is 6.91. The molecule has 0 N–H and O–H groups in total. The fraction of sp³-hybridized carbons (Fsp3) is 0.467. The maximum Gasteiger partial charge on any atom is 0.237 e. The minimum absolute atomic E-state index is 0.318. The van der Waals surface area contributed by atoms with E-state index in [1.54, 1.807) is 26.0 Å². The van der Waals surface area contributed by atoms with E-state index in [4.69, 9.17) is 14.0 Å². The lowest BCUT2D eigenvalue weighted by molar-refractivity contribution is -0.106. The maximum atomic E-state index is 5.26. The van der Waals surface area contributed by atoms with Crippen molar-refractivity contribution < 1.29 is 14.0 Å². The second-order valence-electron chi connectivity index (χ2n) is 4.98. The monoisotopic (exact) mass is 306 g/mol. The van der Waals surface area contributed by atoms with Crippen LogP contribution in [0.15, 0.2) is 33.7 Å². The summed E-state index contributed by atoms with van der Waals surface area (Å²) in [6, 6.07) is 8.10. The van der Waals surface area contributed by atoms with Gasteiger partial charge in [0, 0.05) is 30.6 Å². The van der Waals surface area contributed by atoms with Crippen LogP contribution in [0.25, 0.3) is 0 Å². The van der Waals surface area contributed by atoms with Crippen LogP contribution in [-0.4, -0.2) is 24.4 Å². The van der Waals surface area contributed by atoms with Crippen molar-refractivity contribution in [3.63, 3.8) is 0 Å². The van der Waals surface area contributed by atoms with Gasteiger partial charge in [0.05, 0.1) is 5.75 Å². The lowest BCUT2D eigenvalue weighted by Gasteiger charge is -2.13. The number of methoxy groups -OCH3 is 2. The first-order valence-corrected chi connectivity index (χ1v) is 7.89. The molecule has 0 atom stereocenters. The highest BCUT2D eigenvalue weighted by atomic mass is 32.2. The van der Waals surface area contributed by atoms with Crippen LogP contribution in [0.3, 0.4) is 0 Å². The molecule has 0 radical (unpaired) electrons. The molecule has 5 nitrogen and oxygen atoms in total. The molecule has 0 aliphatic heterocycles. The molecule has 1 aromatic heterocycles. The summed E-state index contributed by atoms with van der Waals surface area (Å²) in [6.07, 6.45) is 2.06. The molecule has 2 aromatic rings. The topological polar surface area (TPSA) is 57.4 Å². The van der Waals surface area contributed by atoms with Crippen molar-refractivity contribution in [2.75, 3.05) is 14.2 Å². The maximum absolute atomic E-state index is 5.26. The van der Waals surface area contributed by atoms with Crippen LogP contribution < -0.4 is 0 Å². The molecular formula is C15H18N2O3S.